The van der Waals surface area contributed by atoms with Crippen LogP contribution in [0.5, 0.6) is 5.75 Å². The van der Waals surface area contributed by atoms with Crippen LogP contribution in [0.3, 0.4) is 0 Å². The van der Waals surface area contributed by atoms with E-state index in [4.69, 9.17) is 15.2 Å². The fraction of sp³-hybridized carbons (Fsp3) is 0.600. The largest absolute Gasteiger partial charge is 0.496 e. The van der Waals surface area contributed by atoms with Crippen molar-refractivity contribution in [3.63, 3.8) is 0 Å². The molecule has 0 aromatic heterocycles. The lowest BCUT2D eigenvalue weighted by molar-refractivity contribution is -0.0801. The highest BCUT2D eigenvalue weighted by Gasteiger charge is 2.29. The molecular formula is C15H24N2O2. The van der Waals surface area contributed by atoms with Crippen LogP contribution in [0.15, 0.2) is 24.3 Å². The third-order valence-electron chi connectivity index (χ3n) is 3.61. The van der Waals surface area contributed by atoms with Gasteiger partial charge in [-0.1, -0.05) is 18.2 Å². The van der Waals surface area contributed by atoms with Gasteiger partial charge < -0.3 is 15.2 Å². The minimum absolute atomic E-state index is 0.185. The molecular weight excluding hydrogens is 240 g/mol. The zero-order chi connectivity index (χ0) is 13.8. The Kier molecular flexibility index (Phi) is 4.80. The average molecular weight is 264 g/mol. The van der Waals surface area contributed by atoms with E-state index < -0.39 is 0 Å². The third kappa shape index (κ3) is 3.26. The summed E-state index contributed by atoms with van der Waals surface area (Å²) in [6, 6.07) is 8.30. The molecule has 0 amide bonds. The van der Waals surface area contributed by atoms with Gasteiger partial charge in [0.15, 0.2) is 0 Å². The molecule has 1 heterocycles. The first-order chi connectivity index (χ1) is 9.15. The van der Waals surface area contributed by atoms with E-state index in [9.17, 15) is 0 Å². The summed E-state index contributed by atoms with van der Waals surface area (Å²) in [7, 11) is 1.71. The number of rotatable bonds is 4. The lowest BCUT2D eigenvalue weighted by atomic mass is 10.0. The first-order valence-electron chi connectivity index (χ1n) is 6.88. The summed E-state index contributed by atoms with van der Waals surface area (Å²) in [5.41, 5.74) is 7.17. The van der Waals surface area contributed by atoms with E-state index in [2.05, 4.69) is 24.8 Å². The predicted molar refractivity (Wildman–Crippen MR) is 76.4 cm³/mol. The van der Waals surface area contributed by atoms with Gasteiger partial charge in [-0.25, -0.2) is 0 Å². The molecule has 1 aromatic carbocycles. The number of nitrogens with zero attached hydrogens (tertiary/aromatic N) is 1. The quantitative estimate of drug-likeness (QED) is 0.901. The first kappa shape index (κ1) is 14.3. The molecule has 4 nitrogen and oxygen atoms in total. The van der Waals surface area contributed by atoms with Crippen LogP contribution in [0.2, 0.25) is 0 Å². The smallest absolute Gasteiger partial charge is 0.123 e. The van der Waals surface area contributed by atoms with E-state index in [1.165, 1.54) is 0 Å². The van der Waals surface area contributed by atoms with Crippen LogP contribution in [0.25, 0.3) is 0 Å². The molecule has 2 rings (SSSR count). The number of nitrogens with two attached hydrogens (primary N) is 1. The second kappa shape index (κ2) is 6.37. The Morgan fingerprint density at radius 1 is 1.32 bits per heavy atom. The number of methoxy groups -OCH3 is 1. The maximum Gasteiger partial charge on any atom is 0.123 e. The van der Waals surface area contributed by atoms with E-state index in [1.807, 2.05) is 18.2 Å². The van der Waals surface area contributed by atoms with E-state index in [-0.39, 0.29) is 18.2 Å². The second-order valence-corrected chi connectivity index (χ2v) is 5.20. The minimum Gasteiger partial charge on any atom is -0.496 e. The van der Waals surface area contributed by atoms with E-state index in [0.29, 0.717) is 6.54 Å². The van der Waals surface area contributed by atoms with Crippen molar-refractivity contribution in [2.24, 2.45) is 5.73 Å². The molecule has 106 valence electrons. The molecule has 19 heavy (non-hydrogen) atoms. The maximum atomic E-state index is 6.01. The van der Waals surface area contributed by atoms with Crippen LogP contribution in [-0.4, -0.2) is 43.9 Å². The lowest BCUT2D eigenvalue weighted by Gasteiger charge is -2.40. The molecule has 1 fully saturated rings. The maximum absolute atomic E-state index is 6.01. The Labute approximate surface area is 115 Å². The second-order valence-electron chi connectivity index (χ2n) is 5.20. The highest BCUT2D eigenvalue weighted by Crippen LogP contribution is 2.30. The molecule has 0 unspecified atom stereocenters. The van der Waals surface area contributed by atoms with Crippen LogP contribution >= 0.6 is 0 Å². The van der Waals surface area contributed by atoms with Crippen LogP contribution in [0, 0.1) is 0 Å². The van der Waals surface area contributed by atoms with Crippen molar-refractivity contribution in [2.75, 3.05) is 26.7 Å². The molecule has 1 saturated heterocycles. The monoisotopic (exact) mass is 264 g/mol. The van der Waals surface area contributed by atoms with Gasteiger partial charge in [-0.05, 0) is 19.9 Å². The molecule has 0 saturated carbocycles. The minimum atomic E-state index is 0.185. The summed E-state index contributed by atoms with van der Waals surface area (Å²) in [6.45, 7) is 6.62. The Hall–Kier alpha value is -1.10. The van der Waals surface area contributed by atoms with Gasteiger partial charge in [-0.15, -0.1) is 0 Å². The zero-order valence-electron chi connectivity index (χ0n) is 12.0. The van der Waals surface area contributed by atoms with Crippen LogP contribution < -0.4 is 10.5 Å². The van der Waals surface area contributed by atoms with E-state index in [0.717, 1.165) is 24.4 Å². The van der Waals surface area contributed by atoms with Crippen LogP contribution in [0.1, 0.15) is 25.5 Å². The molecule has 1 aromatic rings. The number of para-hydroxylation sites is 1. The number of ether oxygens (including phenoxy) is 2. The molecule has 4 heteroatoms. The molecule has 2 N–H and O–H groups in total. The lowest BCUT2D eigenvalue weighted by Crippen LogP contribution is -2.48. The summed E-state index contributed by atoms with van der Waals surface area (Å²) >= 11 is 0. The van der Waals surface area contributed by atoms with Crippen molar-refractivity contribution in [3.05, 3.63) is 29.8 Å². The zero-order valence-corrected chi connectivity index (χ0v) is 12.0. The Morgan fingerprint density at radius 2 is 1.95 bits per heavy atom. The van der Waals surface area contributed by atoms with Crippen LogP contribution in [0.4, 0.5) is 0 Å². The topological polar surface area (TPSA) is 47.7 Å². The number of hydrogen-bond acceptors (Lipinski definition) is 4. The standard InChI is InChI=1S/C15H24N2O2/c1-11-9-17(10-12(2)19-11)14(8-16)13-6-4-5-7-15(13)18-3/h4-7,11-12,14H,8-10,16H2,1-3H3/t11-,12+,14-/m1/s1. The van der Waals surface area contributed by atoms with Gasteiger partial charge in [0, 0.05) is 25.2 Å². The highest BCUT2D eigenvalue weighted by molar-refractivity contribution is 5.36. The molecule has 0 radical (unpaired) electrons. The fourth-order valence-electron chi connectivity index (χ4n) is 2.89. The van der Waals surface area contributed by atoms with Gasteiger partial charge in [-0.3, -0.25) is 4.90 Å². The van der Waals surface area contributed by atoms with Gasteiger partial charge in [0.2, 0.25) is 0 Å². The van der Waals surface area contributed by atoms with Gasteiger partial charge in [0.05, 0.1) is 25.4 Å². The van der Waals surface area contributed by atoms with Gasteiger partial charge in [0.1, 0.15) is 5.75 Å². The molecule has 0 aliphatic carbocycles. The van der Waals surface area contributed by atoms with Crippen molar-refractivity contribution in [1.82, 2.24) is 4.90 Å². The Morgan fingerprint density at radius 3 is 2.53 bits per heavy atom. The van der Waals surface area contributed by atoms with Crippen molar-refractivity contribution in [2.45, 2.75) is 32.1 Å². The molecule has 3 atom stereocenters. The predicted octanol–water partition coefficient (Wildman–Crippen LogP) is 1.80. The third-order valence-corrected chi connectivity index (χ3v) is 3.61. The summed E-state index contributed by atoms with van der Waals surface area (Å²) in [5, 5.41) is 0. The average Bonchev–Trinajstić information content (AvgIpc) is 2.39. The summed E-state index contributed by atoms with van der Waals surface area (Å²) < 4.78 is 11.2. The molecule has 1 aliphatic heterocycles. The molecule has 0 bridgehead atoms. The number of benzene rings is 1. The number of morpholine rings is 1. The van der Waals surface area contributed by atoms with Crippen LogP contribution in [-0.2, 0) is 4.74 Å². The normalized spacial score (nSPS) is 26.1. The van der Waals surface area contributed by atoms with E-state index >= 15 is 0 Å². The fourth-order valence-corrected chi connectivity index (χ4v) is 2.89. The SMILES string of the molecule is COc1ccccc1[C@@H](CN)N1C[C@@H](C)O[C@@H](C)C1. The van der Waals surface area contributed by atoms with Crippen molar-refractivity contribution in [3.8, 4) is 5.75 Å². The van der Waals surface area contributed by atoms with Crippen molar-refractivity contribution in [1.29, 1.82) is 0 Å². The molecule has 1 aliphatic rings. The van der Waals surface area contributed by atoms with E-state index in [1.54, 1.807) is 7.11 Å². The summed E-state index contributed by atoms with van der Waals surface area (Å²) in [4.78, 5) is 2.40. The van der Waals surface area contributed by atoms with Gasteiger partial charge in [-0.2, -0.15) is 0 Å². The highest BCUT2D eigenvalue weighted by atomic mass is 16.5. The van der Waals surface area contributed by atoms with Gasteiger partial charge >= 0.3 is 0 Å². The van der Waals surface area contributed by atoms with Crippen molar-refractivity contribution < 1.29 is 9.47 Å². The van der Waals surface area contributed by atoms with Gasteiger partial charge in [0.25, 0.3) is 0 Å². The Bertz CT molecular complexity index is 401. The summed E-state index contributed by atoms with van der Waals surface area (Å²) in [6.07, 6.45) is 0.486. The summed E-state index contributed by atoms with van der Waals surface area (Å²) in [5.74, 6) is 0.907. The Balaban J connectivity index is 2.23. The first-order valence-corrected chi connectivity index (χ1v) is 6.88. The molecule has 0 spiro atoms. The number of hydrogen-bond donors (Lipinski definition) is 1. The van der Waals surface area contributed by atoms with Crippen molar-refractivity contribution >= 4 is 0 Å².